The Kier molecular flexibility index (Phi) is 6.89. The van der Waals surface area contributed by atoms with Gasteiger partial charge in [-0.2, -0.15) is 0 Å². The van der Waals surface area contributed by atoms with Crippen molar-refractivity contribution in [1.29, 1.82) is 0 Å². The van der Waals surface area contributed by atoms with E-state index in [1.165, 1.54) is 5.56 Å². The Hall–Kier alpha value is -2.08. The molecule has 0 bridgehead atoms. The number of rotatable bonds is 7. The van der Waals surface area contributed by atoms with Crippen LogP contribution in [-0.2, 0) is 22.6 Å². The van der Waals surface area contributed by atoms with Gasteiger partial charge in [0.15, 0.2) is 6.61 Å². The molecule has 0 spiro atoms. The van der Waals surface area contributed by atoms with Crippen LogP contribution in [0.1, 0.15) is 11.1 Å². The van der Waals surface area contributed by atoms with Gasteiger partial charge in [-0.3, -0.25) is 9.69 Å². The summed E-state index contributed by atoms with van der Waals surface area (Å²) in [6.45, 7) is 4.78. The Morgan fingerprint density at radius 2 is 1.77 bits per heavy atom. The van der Waals surface area contributed by atoms with E-state index >= 15 is 0 Å². The fraction of sp³-hybridized carbons (Fsp3) is 0.350. The lowest BCUT2D eigenvalue weighted by Crippen LogP contribution is -2.36. The van der Waals surface area contributed by atoms with Gasteiger partial charge in [0.25, 0.3) is 5.91 Å². The number of hydrogen-bond acceptors (Lipinski definition) is 4. The molecule has 1 aliphatic heterocycles. The molecular formula is C20H23ClN2O3. The Bertz CT molecular complexity index is 715. The zero-order valence-corrected chi connectivity index (χ0v) is 15.4. The first-order valence-electron chi connectivity index (χ1n) is 8.72. The lowest BCUT2D eigenvalue weighted by atomic mass is 10.1. The third-order valence-corrected chi connectivity index (χ3v) is 4.53. The third-order valence-electron chi connectivity index (χ3n) is 4.28. The summed E-state index contributed by atoms with van der Waals surface area (Å²) in [6.07, 6.45) is 0. The molecule has 0 saturated carbocycles. The highest BCUT2D eigenvalue weighted by Crippen LogP contribution is 2.15. The second-order valence-corrected chi connectivity index (χ2v) is 6.61. The second-order valence-electron chi connectivity index (χ2n) is 6.18. The number of morpholine rings is 1. The van der Waals surface area contributed by atoms with Gasteiger partial charge in [-0.05, 0) is 35.4 Å². The number of carbonyl (C=O) groups excluding carboxylic acids is 1. The Morgan fingerprint density at radius 1 is 1.08 bits per heavy atom. The number of ether oxygens (including phenoxy) is 2. The maximum absolute atomic E-state index is 12.1. The minimum atomic E-state index is -0.152. The zero-order valence-electron chi connectivity index (χ0n) is 14.6. The molecule has 0 atom stereocenters. The van der Waals surface area contributed by atoms with Crippen molar-refractivity contribution >= 4 is 17.5 Å². The van der Waals surface area contributed by atoms with Crippen LogP contribution in [-0.4, -0.2) is 43.7 Å². The normalized spacial score (nSPS) is 14.8. The van der Waals surface area contributed by atoms with Crippen molar-refractivity contribution in [2.75, 3.05) is 32.9 Å². The predicted octanol–water partition coefficient (Wildman–Crippen LogP) is 2.87. The summed E-state index contributed by atoms with van der Waals surface area (Å²) in [5, 5.41) is 3.56. The van der Waals surface area contributed by atoms with Crippen molar-refractivity contribution in [2.45, 2.75) is 13.1 Å². The van der Waals surface area contributed by atoms with Gasteiger partial charge in [0.1, 0.15) is 5.75 Å². The maximum atomic E-state index is 12.1. The van der Waals surface area contributed by atoms with Gasteiger partial charge in [0, 0.05) is 31.2 Å². The first kappa shape index (κ1) is 18.7. The number of amides is 1. The molecule has 1 N–H and O–H groups in total. The summed E-state index contributed by atoms with van der Waals surface area (Å²) in [4.78, 5) is 14.4. The Labute approximate surface area is 158 Å². The summed E-state index contributed by atoms with van der Waals surface area (Å²) in [7, 11) is 0. The number of benzene rings is 2. The monoisotopic (exact) mass is 374 g/mol. The lowest BCUT2D eigenvalue weighted by Gasteiger charge is -2.27. The Balaban J connectivity index is 1.49. The van der Waals surface area contributed by atoms with Crippen LogP contribution in [0, 0.1) is 0 Å². The molecule has 1 aliphatic rings. The fourth-order valence-electron chi connectivity index (χ4n) is 2.81. The van der Waals surface area contributed by atoms with E-state index in [9.17, 15) is 4.79 Å². The van der Waals surface area contributed by atoms with Gasteiger partial charge in [0.2, 0.25) is 0 Å². The van der Waals surface area contributed by atoms with E-state index in [-0.39, 0.29) is 12.5 Å². The molecule has 0 aliphatic carbocycles. The molecule has 5 nitrogen and oxygen atoms in total. The molecule has 6 heteroatoms. The van der Waals surface area contributed by atoms with Gasteiger partial charge >= 0.3 is 0 Å². The summed E-state index contributed by atoms with van der Waals surface area (Å²) in [5.74, 6) is 0.471. The van der Waals surface area contributed by atoms with Crippen molar-refractivity contribution in [3.63, 3.8) is 0 Å². The van der Waals surface area contributed by atoms with Crippen LogP contribution < -0.4 is 10.1 Å². The standard InChI is InChI=1S/C20H23ClN2O3/c21-18-5-7-19(8-6-18)26-15-20(24)22-13-16-3-1-2-4-17(16)14-23-9-11-25-12-10-23/h1-8H,9-15H2,(H,22,24). The van der Waals surface area contributed by atoms with Crippen LogP contribution in [0.25, 0.3) is 0 Å². The van der Waals surface area contributed by atoms with E-state index in [0.29, 0.717) is 17.3 Å². The minimum absolute atomic E-state index is 0.0206. The van der Waals surface area contributed by atoms with Crippen LogP contribution >= 0.6 is 11.6 Å². The highest BCUT2D eigenvalue weighted by Gasteiger charge is 2.13. The molecular weight excluding hydrogens is 352 g/mol. The van der Waals surface area contributed by atoms with E-state index in [4.69, 9.17) is 21.1 Å². The van der Waals surface area contributed by atoms with E-state index in [0.717, 1.165) is 38.4 Å². The van der Waals surface area contributed by atoms with Crippen LogP contribution in [0.3, 0.4) is 0 Å². The molecule has 0 unspecified atom stereocenters. The smallest absolute Gasteiger partial charge is 0.258 e. The zero-order chi connectivity index (χ0) is 18.2. The molecule has 138 valence electrons. The van der Waals surface area contributed by atoms with Gasteiger partial charge in [-0.15, -0.1) is 0 Å². The van der Waals surface area contributed by atoms with Crippen molar-refractivity contribution < 1.29 is 14.3 Å². The second kappa shape index (κ2) is 9.57. The van der Waals surface area contributed by atoms with Gasteiger partial charge in [-0.1, -0.05) is 35.9 Å². The maximum Gasteiger partial charge on any atom is 0.258 e. The molecule has 0 radical (unpaired) electrons. The number of halogens is 1. The number of nitrogens with one attached hydrogen (secondary N) is 1. The lowest BCUT2D eigenvalue weighted by molar-refractivity contribution is -0.123. The predicted molar refractivity (Wildman–Crippen MR) is 101 cm³/mol. The highest BCUT2D eigenvalue weighted by molar-refractivity contribution is 6.30. The summed E-state index contributed by atoms with van der Waals surface area (Å²) < 4.78 is 10.9. The average Bonchev–Trinajstić information content (AvgIpc) is 2.68. The largest absolute Gasteiger partial charge is 0.484 e. The van der Waals surface area contributed by atoms with Gasteiger partial charge < -0.3 is 14.8 Å². The van der Waals surface area contributed by atoms with E-state index in [2.05, 4.69) is 22.3 Å². The van der Waals surface area contributed by atoms with Crippen molar-refractivity contribution in [3.05, 3.63) is 64.7 Å². The van der Waals surface area contributed by atoms with Crippen molar-refractivity contribution in [2.24, 2.45) is 0 Å². The molecule has 2 aromatic rings. The third kappa shape index (κ3) is 5.73. The number of carbonyl (C=O) groups is 1. The first-order valence-corrected chi connectivity index (χ1v) is 9.10. The average molecular weight is 375 g/mol. The van der Waals surface area contributed by atoms with Gasteiger partial charge in [-0.25, -0.2) is 0 Å². The number of hydrogen-bond donors (Lipinski definition) is 1. The molecule has 3 rings (SSSR count). The Morgan fingerprint density at radius 3 is 2.50 bits per heavy atom. The summed E-state index contributed by atoms with van der Waals surface area (Å²) >= 11 is 5.83. The molecule has 1 amide bonds. The van der Waals surface area contributed by atoms with Crippen molar-refractivity contribution in [1.82, 2.24) is 10.2 Å². The van der Waals surface area contributed by atoms with Gasteiger partial charge in [0.05, 0.1) is 13.2 Å². The van der Waals surface area contributed by atoms with Crippen molar-refractivity contribution in [3.8, 4) is 5.75 Å². The van der Waals surface area contributed by atoms with E-state index in [1.54, 1.807) is 24.3 Å². The summed E-state index contributed by atoms with van der Waals surface area (Å²) in [6, 6.07) is 15.1. The molecule has 0 aromatic heterocycles. The van der Waals surface area contributed by atoms with Crippen LogP contribution in [0.15, 0.2) is 48.5 Å². The number of nitrogens with zero attached hydrogens (tertiary/aromatic N) is 1. The molecule has 1 fully saturated rings. The molecule has 2 aromatic carbocycles. The van der Waals surface area contributed by atoms with Crippen LogP contribution in [0.4, 0.5) is 0 Å². The highest BCUT2D eigenvalue weighted by atomic mass is 35.5. The van der Waals surface area contributed by atoms with E-state index in [1.807, 2.05) is 12.1 Å². The molecule has 1 saturated heterocycles. The quantitative estimate of drug-likeness (QED) is 0.809. The molecule has 26 heavy (non-hydrogen) atoms. The SMILES string of the molecule is O=C(COc1ccc(Cl)cc1)NCc1ccccc1CN1CCOCC1. The molecule has 1 heterocycles. The fourth-order valence-corrected chi connectivity index (χ4v) is 2.93. The van der Waals surface area contributed by atoms with Crippen LogP contribution in [0.5, 0.6) is 5.75 Å². The van der Waals surface area contributed by atoms with Crippen LogP contribution in [0.2, 0.25) is 5.02 Å². The topological polar surface area (TPSA) is 50.8 Å². The summed E-state index contributed by atoms with van der Waals surface area (Å²) in [5.41, 5.74) is 2.35. The van der Waals surface area contributed by atoms with E-state index < -0.39 is 0 Å². The first-order chi connectivity index (χ1) is 12.7. The minimum Gasteiger partial charge on any atom is -0.484 e.